The summed E-state index contributed by atoms with van der Waals surface area (Å²) in [6.45, 7) is 7.96. The number of halogens is 1. The van der Waals surface area contributed by atoms with Gasteiger partial charge in [0.25, 0.3) is 0 Å². The van der Waals surface area contributed by atoms with Gasteiger partial charge in [0.15, 0.2) is 0 Å². The topological polar surface area (TPSA) is 12.0 Å². The molecular weight excluding hydrogens is 214 g/mol. The van der Waals surface area contributed by atoms with Crippen LogP contribution in [0.5, 0.6) is 0 Å². The first kappa shape index (κ1) is 11.8. The van der Waals surface area contributed by atoms with Crippen molar-refractivity contribution in [2.24, 2.45) is 0 Å². The Bertz CT molecular complexity index is 293. The fraction of sp³-hybridized carbons (Fsp3) is 0.455. The van der Waals surface area contributed by atoms with Crippen molar-refractivity contribution in [3.05, 3.63) is 33.5 Å². The summed E-state index contributed by atoms with van der Waals surface area (Å²) in [4.78, 5) is 1.35. The summed E-state index contributed by atoms with van der Waals surface area (Å²) in [5.74, 6) is 0. The predicted molar refractivity (Wildman–Crippen MR) is 65.3 cm³/mol. The zero-order valence-corrected chi connectivity index (χ0v) is 10.0. The molecule has 3 heteroatoms. The first-order valence-corrected chi connectivity index (χ1v) is 5.97. The molecule has 0 saturated carbocycles. The average Bonchev–Trinajstić information content (AvgIpc) is 2.50. The molecule has 1 rings (SSSR count). The average molecular weight is 230 g/mol. The van der Waals surface area contributed by atoms with Crippen molar-refractivity contribution < 1.29 is 0 Å². The molecule has 0 spiro atoms. The van der Waals surface area contributed by atoms with E-state index in [-0.39, 0.29) is 0 Å². The molecular formula is C11H16ClNS. The third kappa shape index (κ3) is 4.80. The molecule has 0 aliphatic carbocycles. The van der Waals surface area contributed by atoms with Crippen molar-refractivity contribution in [2.45, 2.75) is 19.8 Å². The number of hydrogen-bond acceptors (Lipinski definition) is 2. The van der Waals surface area contributed by atoms with Gasteiger partial charge in [0.2, 0.25) is 0 Å². The lowest BCUT2D eigenvalue weighted by molar-refractivity contribution is 0.683. The molecule has 1 nitrogen and oxygen atoms in total. The minimum absolute atomic E-state index is 0.877. The van der Waals surface area contributed by atoms with E-state index in [0.717, 1.165) is 30.3 Å². The first-order valence-electron chi connectivity index (χ1n) is 4.78. The van der Waals surface area contributed by atoms with E-state index in [1.54, 1.807) is 11.3 Å². The summed E-state index contributed by atoms with van der Waals surface area (Å²) in [6.07, 6.45) is 2.12. The van der Waals surface area contributed by atoms with Crippen molar-refractivity contribution in [3.63, 3.8) is 0 Å². The molecule has 0 amide bonds. The van der Waals surface area contributed by atoms with E-state index in [2.05, 4.69) is 24.9 Å². The molecule has 0 bridgehead atoms. The molecule has 0 radical (unpaired) electrons. The molecule has 0 atom stereocenters. The minimum atomic E-state index is 0.877. The van der Waals surface area contributed by atoms with Gasteiger partial charge in [-0.2, -0.15) is 0 Å². The van der Waals surface area contributed by atoms with Gasteiger partial charge in [-0.1, -0.05) is 17.2 Å². The molecule has 0 aliphatic heterocycles. The molecule has 1 N–H and O–H groups in total. The highest BCUT2D eigenvalue weighted by Gasteiger charge is 1.96. The summed E-state index contributed by atoms with van der Waals surface area (Å²) in [5, 5.41) is 3.38. The Balaban J connectivity index is 2.07. The number of hydrogen-bond donors (Lipinski definition) is 1. The van der Waals surface area contributed by atoms with E-state index in [9.17, 15) is 0 Å². The molecule has 1 aromatic rings. The van der Waals surface area contributed by atoms with Crippen molar-refractivity contribution in [3.8, 4) is 0 Å². The largest absolute Gasteiger partial charge is 0.316 e. The van der Waals surface area contributed by atoms with Gasteiger partial charge in [0, 0.05) is 4.88 Å². The van der Waals surface area contributed by atoms with Crippen molar-refractivity contribution in [1.29, 1.82) is 0 Å². The molecule has 0 unspecified atom stereocenters. The van der Waals surface area contributed by atoms with Crippen LogP contribution in [-0.2, 0) is 6.42 Å². The maximum absolute atomic E-state index is 5.83. The Morgan fingerprint density at radius 1 is 1.50 bits per heavy atom. The van der Waals surface area contributed by atoms with Gasteiger partial charge in [-0.05, 0) is 45.0 Å². The highest BCUT2D eigenvalue weighted by molar-refractivity contribution is 7.16. The molecule has 14 heavy (non-hydrogen) atoms. The van der Waals surface area contributed by atoms with Crippen LogP contribution in [0.25, 0.3) is 0 Å². The molecule has 0 saturated heterocycles. The monoisotopic (exact) mass is 229 g/mol. The smallest absolute Gasteiger partial charge is 0.0931 e. The lowest BCUT2D eigenvalue weighted by Crippen LogP contribution is -2.18. The number of thiophene rings is 1. The van der Waals surface area contributed by atoms with Crippen LogP contribution in [-0.4, -0.2) is 13.1 Å². The van der Waals surface area contributed by atoms with Crippen LogP contribution < -0.4 is 5.32 Å². The van der Waals surface area contributed by atoms with Gasteiger partial charge in [0.05, 0.1) is 4.34 Å². The molecule has 78 valence electrons. The van der Waals surface area contributed by atoms with Crippen LogP contribution in [0.4, 0.5) is 0 Å². The third-order valence-electron chi connectivity index (χ3n) is 1.91. The van der Waals surface area contributed by atoms with Crippen molar-refractivity contribution in [2.75, 3.05) is 13.1 Å². The molecule has 1 aromatic heterocycles. The molecule has 0 fully saturated rings. The molecule has 0 aromatic carbocycles. The summed E-state index contributed by atoms with van der Waals surface area (Å²) in [5.41, 5.74) is 1.23. The quantitative estimate of drug-likeness (QED) is 0.582. The summed E-state index contributed by atoms with van der Waals surface area (Å²) >= 11 is 7.49. The van der Waals surface area contributed by atoms with Gasteiger partial charge < -0.3 is 5.32 Å². The van der Waals surface area contributed by atoms with Gasteiger partial charge in [0.1, 0.15) is 0 Å². The normalized spacial score (nSPS) is 10.4. The second kappa shape index (κ2) is 6.23. The highest BCUT2D eigenvalue weighted by atomic mass is 35.5. The van der Waals surface area contributed by atoms with Gasteiger partial charge in [-0.3, -0.25) is 0 Å². The fourth-order valence-electron chi connectivity index (χ4n) is 1.12. The summed E-state index contributed by atoms with van der Waals surface area (Å²) in [6, 6.07) is 4.04. The second-order valence-electron chi connectivity index (χ2n) is 3.41. The van der Waals surface area contributed by atoms with E-state index in [0.29, 0.717) is 0 Å². The number of rotatable bonds is 6. The Hall–Kier alpha value is -0.310. The van der Waals surface area contributed by atoms with Crippen LogP contribution in [0.2, 0.25) is 4.34 Å². The second-order valence-corrected chi connectivity index (χ2v) is 5.21. The Labute approximate surface area is 94.8 Å². The SMILES string of the molecule is C=C(C)CCNCCc1ccc(Cl)s1. The van der Waals surface area contributed by atoms with E-state index in [1.807, 2.05) is 6.07 Å². The maximum atomic E-state index is 5.83. The fourth-order valence-corrected chi connectivity index (χ4v) is 2.21. The summed E-state index contributed by atoms with van der Waals surface area (Å²) in [7, 11) is 0. The number of nitrogens with one attached hydrogen (secondary N) is 1. The maximum Gasteiger partial charge on any atom is 0.0931 e. The van der Waals surface area contributed by atoms with Gasteiger partial charge >= 0.3 is 0 Å². The van der Waals surface area contributed by atoms with Gasteiger partial charge in [-0.25, -0.2) is 0 Å². The summed E-state index contributed by atoms with van der Waals surface area (Å²) < 4.78 is 0.877. The van der Waals surface area contributed by atoms with Crippen molar-refractivity contribution in [1.82, 2.24) is 5.32 Å². The lowest BCUT2D eigenvalue weighted by atomic mass is 10.2. The Morgan fingerprint density at radius 2 is 2.29 bits per heavy atom. The van der Waals surface area contributed by atoms with Crippen LogP contribution in [0.1, 0.15) is 18.2 Å². The Morgan fingerprint density at radius 3 is 2.86 bits per heavy atom. The van der Waals surface area contributed by atoms with Crippen LogP contribution in [0, 0.1) is 0 Å². The minimum Gasteiger partial charge on any atom is -0.316 e. The van der Waals surface area contributed by atoms with E-state index in [1.165, 1.54) is 10.5 Å². The standard InChI is InChI=1S/C11H16ClNS/c1-9(2)5-7-13-8-6-10-3-4-11(12)14-10/h3-4,13H,1,5-8H2,2H3. The molecule has 0 aliphatic rings. The van der Waals surface area contributed by atoms with Crippen LogP contribution in [0.3, 0.4) is 0 Å². The van der Waals surface area contributed by atoms with E-state index < -0.39 is 0 Å². The highest BCUT2D eigenvalue weighted by Crippen LogP contribution is 2.21. The molecule has 1 heterocycles. The lowest BCUT2D eigenvalue weighted by Gasteiger charge is -2.02. The first-order chi connectivity index (χ1) is 6.68. The van der Waals surface area contributed by atoms with Crippen LogP contribution >= 0.6 is 22.9 Å². The predicted octanol–water partition coefficient (Wildman–Crippen LogP) is 3.50. The van der Waals surface area contributed by atoms with Crippen LogP contribution in [0.15, 0.2) is 24.3 Å². The van der Waals surface area contributed by atoms with E-state index >= 15 is 0 Å². The Kier molecular flexibility index (Phi) is 5.23. The zero-order chi connectivity index (χ0) is 10.4. The zero-order valence-electron chi connectivity index (χ0n) is 8.48. The van der Waals surface area contributed by atoms with Gasteiger partial charge in [-0.15, -0.1) is 17.9 Å². The van der Waals surface area contributed by atoms with Crippen molar-refractivity contribution >= 4 is 22.9 Å². The third-order valence-corrected chi connectivity index (χ3v) is 3.20. The van der Waals surface area contributed by atoms with E-state index in [4.69, 9.17) is 11.6 Å².